The van der Waals surface area contributed by atoms with Crippen molar-refractivity contribution in [1.82, 2.24) is 9.80 Å². The molecule has 28 heavy (non-hydrogen) atoms. The molecule has 1 aromatic rings. The molecule has 2 N–H and O–H groups in total. The molecule has 1 aliphatic rings. The number of hydrogen-bond acceptors (Lipinski definition) is 4. The lowest BCUT2D eigenvalue weighted by Gasteiger charge is -2.28. The topological polar surface area (TPSA) is 107 Å². The summed E-state index contributed by atoms with van der Waals surface area (Å²) in [6.45, 7) is 3.78. The minimum atomic E-state index is -1.04. The molecule has 152 valence electrons. The fraction of sp³-hybridized carbons (Fsp3) is 0.500. The zero-order chi connectivity index (χ0) is 20.7. The zero-order valence-corrected chi connectivity index (χ0v) is 16.3. The minimum Gasteiger partial charge on any atom is -0.480 e. The van der Waals surface area contributed by atoms with Gasteiger partial charge < -0.3 is 20.2 Å². The highest BCUT2D eigenvalue weighted by Crippen LogP contribution is 2.20. The number of aliphatic carboxylic acids is 1. The first-order chi connectivity index (χ1) is 13.3. The van der Waals surface area contributed by atoms with Gasteiger partial charge in [-0.1, -0.05) is 13.0 Å². The molecule has 1 fully saturated rings. The van der Waals surface area contributed by atoms with E-state index in [2.05, 4.69) is 5.32 Å². The number of amides is 3. The van der Waals surface area contributed by atoms with Gasteiger partial charge >= 0.3 is 5.97 Å². The predicted molar refractivity (Wildman–Crippen MR) is 104 cm³/mol. The van der Waals surface area contributed by atoms with E-state index in [0.717, 1.165) is 0 Å². The van der Waals surface area contributed by atoms with Crippen LogP contribution in [-0.2, 0) is 14.4 Å². The van der Waals surface area contributed by atoms with Crippen LogP contribution in [0.2, 0.25) is 0 Å². The van der Waals surface area contributed by atoms with Gasteiger partial charge in [0.2, 0.25) is 11.8 Å². The van der Waals surface area contributed by atoms with E-state index in [-0.39, 0.29) is 30.3 Å². The lowest BCUT2D eigenvalue weighted by atomic mass is 10.1. The summed E-state index contributed by atoms with van der Waals surface area (Å²) in [7, 11) is 0. The number of nitrogens with one attached hydrogen (secondary N) is 1. The maximum atomic E-state index is 12.9. The Hall–Kier alpha value is -2.90. The number of hydrogen-bond donors (Lipinski definition) is 2. The molecule has 1 heterocycles. The second-order valence-corrected chi connectivity index (χ2v) is 6.90. The molecule has 2 rings (SSSR count). The number of carboxylic acids is 1. The van der Waals surface area contributed by atoms with Crippen LogP contribution < -0.4 is 5.32 Å². The molecule has 1 saturated heterocycles. The van der Waals surface area contributed by atoms with Crippen molar-refractivity contribution in [3.05, 3.63) is 29.8 Å². The smallest absolute Gasteiger partial charge is 0.323 e. The molecule has 1 aromatic carbocycles. The number of carbonyl (C=O) groups is 4. The van der Waals surface area contributed by atoms with Gasteiger partial charge in [-0.3, -0.25) is 19.2 Å². The molecule has 3 amide bonds. The van der Waals surface area contributed by atoms with Crippen molar-refractivity contribution in [3.63, 3.8) is 0 Å². The van der Waals surface area contributed by atoms with E-state index in [0.29, 0.717) is 50.0 Å². The molecule has 0 radical (unpaired) electrons. The van der Waals surface area contributed by atoms with Gasteiger partial charge in [0.15, 0.2) is 0 Å². The minimum absolute atomic E-state index is 0.120. The summed E-state index contributed by atoms with van der Waals surface area (Å²) in [5, 5.41) is 11.8. The van der Waals surface area contributed by atoms with Crippen LogP contribution in [0.15, 0.2) is 24.3 Å². The van der Waals surface area contributed by atoms with E-state index in [1.54, 1.807) is 36.1 Å². The standard InChI is InChI=1S/C20H27N3O5/c1-3-18(25)21-16-7-4-6-15(12-16)20(28)22-10-5-8-17(9-11-22)23(14(2)24)13-19(26)27/h4,6-7,12,17H,3,5,8-11,13H2,1-2H3,(H,21,25)(H,26,27). The van der Waals surface area contributed by atoms with Crippen LogP contribution in [-0.4, -0.2) is 64.3 Å². The fourth-order valence-electron chi connectivity index (χ4n) is 3.40. The van der Waals surface area contributed by atoms with E-state index in [1.165, 1.54) is 11.8 Å². The summed E-state index contributed by atoms with van der Waals surface area (Å²) in [6, 6.07) is 6.63. The average molecular weight is 389 g/mol. The Morgan fingerprint density at radius 3 is 2.61 bits per heavy atom. The van der Waals surface area contributed by atoms with Gasteiger partial charge in [0.05, 0.1) is 0 Å². The number of nitrogens with zero attached hydrogens (tertiary/aromatic N) is 2. The van der Waals surface area contributed by atoms with Gasteiger partial charge in [-0.15, -0.1) is 0 Å². The maximum Gasteiger partial charge on any atom is 0.323 e. The van der Waals surface area contributed by atoms with Gasteiger partial charge in [0.25, 0.3) is 5.91 Å². The van der Waals surface area contributed by atoms with Crippen LogP contribution in [0, 0.1) is 0 Å². The van der Waals surface area contributed by atoms with Crippen molar-refractivity contribution >= 4 is 29.4 Å². The largest absolute Gasteiger partial charge is 0.480 e. The second kappa shape index (κ2) is 9.87. The average Bonchev–Trinajstić information content (AvgIpc) is 2.91. The summed E-state index contributed by atoms with van der Waals surface area (Å²) in [5.74, 6) is -1.57. The first kappa shape index (κ1) is 21.4. The van der Waals surface area contributed by atoms with Gasteiger partial charge in [0.1, 0.15) is 6.54 Å². The number of benzene rings is 1. The summed E-state index contributed by atoms with van der Waals surface area (Å²) in [5.41, 5.74) is 1.07. The molecule has 0 saturated carbocycles. The van der Waals surface area contributed by atoms with E-state index >= 15 is 0 Å². The Kier molecular flexibility index (Phi) is 7.54. The Labute approximate surface area is 164 Å². The lowest BCUT2D eigenvalue weighted by molar-refractivity contribution is -0.145. The Balaban J connectivity index is 2.06. The molecule has 0 aromatic heterocycles. The number of rotatable bonds is 6. The fourth-order valence-corrected chi connectivity index (χ4v) is 3.40. The summed E-state index contributed by atoms with van der Waals surface area (Å²) < 4.78 is 0. The van der Waals surface area contributed by atoms with Crippen molar-refractivity contribution in [2.75, 3.05) is 25.0 Å². The van der Waals surface area contributed by atoms with Crippen LogP contribution in [0.1, 0.15) is 49.9 Å². The molecular weight excluding hydrogens is 362 g/mol. The SMILES string of the molecule is CCC(=O)Nc1cccc(C(=O)N2CCCC(N(CC(=O)O)C(C)=O)CC2)c1. The molecule has 8 heteroatoms. The number of carboxylic acid groups (broad SMARTS) is 1. The van der Waals surface area contributed by atoms with E-state index < -0.39 is 5.97 Å². The number of anilines is 1. The lowest BCUT2D eigenvalue weighted by Crippen LogP contribution is -2.43. The Morgan fingerprint density at radius 2 is 1.96 bits per heavy atom. The van der Waals surface area contributed by atoms with Crippen molar-refractivity contribution in [2.45, 2.75) is 45.6 Å². The summed E-state index contributed by atoms with van der Waals surface area (Å²) in [4.78, 5) is 50.4. The van der Waals surface area contributed by atoms with Crippen LogP contribution in [0.25, 0.3) is 0 Å². The van der Waals surface area contributed by atoms with Crippen LogP contribution >= 0.6 is 0 Å². The molecule has 1 atom stereocenters. The van der Waals surface area contributed by atoms with Crippen LogP contribution in [0.3, 0.4) is 0 Å². The van der Waals surface area contributed by atoms with Crippen molar-refractivity contribution in [3.8, 4) is 0 Å². The molecular formula is C20H27N3O5. The van der Waals surface area contributed by atoms with Gasteiger partial charge in [0, 0.05) is 43.7 Å². The maximum absolute atomic E-state index is 12.9. The molecule has 0 aliphatic carbocycles. The molecule has 8 nitrogen and oxygen atoms in total. The van der Waals surface area contributed by atoms with Crippen molar-refractivity contribution in [1.29, 1.82) is 0 Å². The van der Waals surface area contributed by atoms with E-state index in [9.17, 15) is 19.2 Å². The quantitative estimate of drug-likeness (QED) is 0.773. The zero-order valence-electron chi connectivity index (χ0n) is 16.3. The highest BCUT2D eigenvalue weighted by molar-refractivity contribution is 5.97. The van der Waals surface area contributed by atoms with Gasteiger partial charge in [-0.2, -0.15) is 0 Å². The summed E-state index contributed by atoms with van der Waals surface area (Å²) in [6.07, 6.45) is 2.23. The second-order valence-electron chi connectivity index (χ2n) is 6.90. The highest BCUT2D eigenvalue weighted by Gasteiger charge is 2.28. The van der Waals surface area contributed by atoms with Gasteiger partial charge in [-0.05, 0) is 37.5 Å². The molecule has 0 spiro atoms. The Morgan fingerprint density at radius 1 is 1.21 bits per heavy atom. The van der Waals surface area contributed by atoms with Crippen molar-refractivity contribution in [2.24, 2.45) is 0 Å². The number of likely N-dealkylation sites (tertiary alicyclic amines) is 1. The molecule has 1 aliphatic heterocycles. The van der Waals surface area contributed by atoms with Crippen LogP contribution in [0.5, 0.6) is 0 Å². The predicted octanol–water partition coefficient (Wildman–Crippen LogP) is 1.96. The third-order valence-corrected chi connectivity index (χ3v) is 4.85. The third-order valence-electron chi connectivity index (χ3n) is 4.85. The normalized spacial score (nSPS) is 16.8. The van der Waals surface area contributed by atoms with Crippen molar-refractivity contribution < 1.29 is 24.3 Å². The van der Waals surface area contributed by atoms with Crippen LogP contribution in [0.4, 0.5) is 5.69 Å². The molecule has 0 bridgehead atoms. The van der Waals surface area contributed by atoms with Gasteiger partial charge in [-0.25, -0.2) is 0 Å². The number of carbonyl (C=O) groups excluding carboxylic acids is 3. The molecule has 1 unspecified atom stereocenters. The van der Waals surface area contributed by atoms with E-state index in [4.69, 9.17) is 5.11 Å². The van der Waals surface area contributed by atoms with E-state index in [1.807, 2.05) is 0 Å². The summed E-state index contributed by atoms with van der Waals surface area (Å²) >= 11 is 0. The first-order valence-electron chi connectivity index (χ1n) is 9.50. The third kappa shape index (κ3) is 5.80. The monoisotopic (exact) mass is 389 g/mol. The Bertz CT molecular complexity index is 749. The first-order valence-corrected chi connectivity index (χ1v) is 9.50. The highest BCUT2D eigenvalue weighted by atomic mass is 16.4.